The third kappa shape index (κ3) is 2.35. The molecule has 0 spiro atoms. The number of phenolic OH excluding ortho intramolecular Hbond substituents is 1. The molecule has 2 heterocycles. The number of benzene rings is 1. The summed E-state index contributed by atoms with van der Waals surface area (Å²) in [6, 6.07) is 4.56. The van der Waals surface area contributed by atoms with Crippen molar-refractivity contribution in [3.05, 3.63) is 23.8 Å². The molecule has 3 amide bonds. The first-order valence-electron chi connectivity index (χ1n) is 6.81. The van der Waals surface area contributed by atoms with Crippen LogP contribution in [0.5, 0.6) is 11.5 Å². The maximum atomic E-state index is 12.5. The van der Waals surface area contributed by atoms with E-state index in [1.165, 1.54) is 13.2 Å². The second-order valence-corrected chi connectivity index (χ2v) is 5.17. The summed E-state index contributed by atoms with van der Waals surface area (Å²) in [7, 11) is 1.50. The number of hydrogen-bond acceptors (Lipinski definition) is 4. The minimum atomic E-state index is -0.228. The summed E-state index contributed by atoms with van der Waals surface area (Å²) < 4.78 is 5.01. The fourth-order valence-electron chi connectivity index (χ4n) is 2.78. The van der Waals surface area contributed by atoms with Gasteiger partial charge in [0.05, 0.1) is 18.7 Å². The van der Waals surface area contributed by atoms with Crippen molar-refractivity contribution in [3.8, 4) is 11.5 Å². The van der Waals surface area contributed by atoms with Gasteiger partial charge in [-0.05, 0) is 12.1 Å². The molecule has 0 bridgehead atoms. The van der Waals surface area contributed by atoms with Gasteiger partial charge in [-0.1, -0.05) is 0 Å². The highest BCUT2D eigenvalue weighted by Gasteiger charge is 2.37. The van der Waals surface area contributed by atoms with Gasteiger partial charge >= 0.3 is 6.03 Å². The summed E-state index contributed by atoms with van der Waals surface area (Å²) in [5.74, 6) is 0.177. The number of phenols is 1. The maximum Gasteiger partial charge on any atom is 0.317 e. The lowest BCUT2D eigenvalue weighted by Crippen LogP contribution is -2.53. The van der Waals surface area contributed by atoms with Gasteiger partial charge in [0.2, 0.25) is 0 Å². The number of carbonyl (C=O) groups excluding carboxylic acids is 2. The minimum absolute atomic E-state index is 0.00981. The molecule has 0 saturated carbocycles. The quantitative estimate of drug-likeness (QED) is 0.818. The first-order valence-corrected chi connectivity index (χ1v) is 6.81. The van der Waals surface area contributed by atoms with E-state index in [-0.39, 0.29) is 29.3 Å². The molecule has 2 N–H and O–H groups in total. The van der Waals surface area contributed by atoms with Crippen LogP contribution < -0.4 is 10.1 Å². The number of amides is 3. The van der Waals surface area contributed by atoms with Gasteiger partial charge < -0.3 is 25.0 Å². The van der Waals surface area contributed by atoms with Gasteiger partial charge in [-0.2, -0.15) is 0 Å². The zero-order valence-corrected chi connectivity index (χ0v) is 11.7. The van der Waals surface area contributed by atoms with Crippen LogP contribution in [0.15, 0.2) is 18.2 Å². The van der Waals surface area contributed by atoms with E-state index in [9.17, 15) is 14.7 Å². The number of nitrogens with one attached hydrogen (secondary N) is 1. The van der Waals surface area contributed by atoms with Gasteiger partial charge in [-0.3, -0.25) is 4.79 Å². The Morgan fingerprint density at radius 1 is 1.43 bits per heavy atom. The van der Waals surface area contributed by atoms with E-state index < -0.39 is 0 Å². The first-order chi connectivity index (χ1) is 10.1. The number of aromatic hydroxyl groups is 1. The van der Waals surface area contributed by atoms with E-state index in [1.54, 1.807) is 21.9 Å². The Hall–Kier alpha value is -2.44. The summed E-state index contributed by atoms with van der Waals surface area (Å²) in [6.07, 6.45) is 0. The number of rotatable bonds is 2. The molecule has 1 atom stereocenters. The summed E-state index contributed by atoms with van der Waals surface area (Å²) in [6.45, 7) is 2.01. The largest absolute Gasteiger partial charge is 0.507 e. The monoisotopic (exact) mass is 291 g/mol. The van der Waals surface area contributed by atoms with Crippen molar-refractivity contribution in [2.75, 3.05) is 33.3 Å². The molecule has 21 heavy (non-hydrogen) atoms. The van der Waals surface area contributed by atoms with Gasteiger partial charge in [0.1, 0.15) is 11.5 Å². The fourth-order valence-corrected chi connectivity index (χ4v) is 2.78. The highest BCUT2D eigenvalue weighted by atomic mass is 16.5. The molecule has 0 aliphatic carbocycles. The molecule has 7 nitrogen and oxygen atoms in total. The van der Waals surface area contributed by atoms with Crippen molar-refractivity contribution in [2.24, 2.45) is 0 Å². The highest BCUT2D eigenvalue weighted by Crippen LogP contribution is 2.25. The molecule has 2 aliphatic rings. The predicted octanol–water partition coefficient (Wildman–Crippen LogP) is 0.250. The lowest BCUT2D eigenvalue weighted by atomic mass is 10.1. The van der Waals surface area contributed by atoms with E-state index in [4.69, 9.17) is 4.74 Å². The zero-order chi connectivity index (χ0) is 15.0. The van der Waals surface area contributed by atoms with Crippen LogP contribution in [0.3, 0.4) is 0 Å². The van der Waals surface area contributed by atoms with Crippen LogP contribution in [0.2, 0.25) is 0 Å². The summed E-state index contributed by atoms with van der Waals surface area (Å²) in [5.41, 5.74) is 0.251. The Morgan fingerprint density at radius 2 is 2.24 bits per heavy atom. The number of piperazine rings is 1. The van der Waals surface area contributed by atoms with Crippen molar-refractivity contribution < 1.29 is 19.4 Å². The van der Waals surface area contributed by atoms with Crippen molar-refractivity contribution in [1.29, 1.82) is 0 Å². The van der Waals surface area contributed by atoms with Gasteiger partial charge in [-0.25, -0.2) is 4.79 Å². The number of nitrogens with zero attached hydrogens (tertiary/aromatic N) is 2. The van der Waals surface area contributed by atoms with E-state index in [2.05, 4.69) is 5.32 Å². The number of fused-ring (bicyclic) bond motifs is 1. The number of urea groups is 1. The Kier molecular flexibility index (Phi) is 3.32. The van der Waals surface area contributed by atoms with Gasteiger partial charge in [-0.15, -0.1) is 0 Å². The molecule has 7 heteroatoms. The average molecular weight is 291 g/mol. The second kappa shape index (κ2) is 5.16. The fraction of sp³-hybridized carbons (Fsp3) is 0.429. The molecular weight excluding hydrogens is 274 g/mol. The molecule has 3 rings (SSSR count). The minimum Gasteiger partial charge on any atom is -0.507 e. The smallest absolute Gasteiger partial charge is 0.317 e. The lowest BCUT2D eigenvalue weighted by Gasteiger charge is -2.36. The Balaban J connectivity index is 1.75. The lowest BCUT2D eigenvalue weighted by molar-refractivity contribution is 0.0614. The van der Waals surface area contributed by atoms with Crippen molar-refractivity contribution in [1.82, 2.24) is 15.1 Å². The molecular formula is C14H17N3O4. The SMILES string of the molecule is COc1ccc(C(=O)N2CCN3C(=O)NCC3C2)c(O)c1. The standard InChI is InChI=1S/C14H17N3O4/c1-21-10-2-3-11(12(18)6-10)13(19)16-4-5-17-9(8-16)7-15-14(17)20/h2-3,6,9,18H,4-5,7-8H2,1H3,(H,15,20). The predicted molar refractivity (Wildman–Crippen MR) is 74.5 cm³/mol. The second-order valence-electron chi connectivity index (χ2n) is 5.17. The number of hydrogen-bond donors (Lipinski definition) is 2. The summed E-state index contributed by atoms with van der Waals surface area (Å²) >= 11 is 0. The van der Waals surface area contributed by atoms with Crippen LogP contribution in [-0.4, -0.2) is 66.2 Å². The first kappa shape index (κ1) is 13.5. The van der Waals surface area contributed by atoms with Crippen LogP contribution in [0.25, 0.3) is 0 Å². The molecule has 1 aromatic rings. The normalized spacial score (nSPS) is 21.0. The third-order valence-corrected chi connectivity index (χ3v) is 3.96. The highest BCUT2D eigenvalue weighted by molar-refractivity contribution is 5.97. The molecule has 2 aliphatic heterocycles. The third-order valence-electron chi connectivity index (χ3n) is 3.96. The Bertz CT molecular complexity index is 590. The maximum absolute atomic E-state index is 12.5. The number of ether oxygens (including phenoxy) is 1. The Labute approximate surface area is 122 Å². The van der Waals surface area contributed by atoms with Crippen LogP contribution >= 0.6 is 0 Å². The van der Waals surface area contributed by atoms with Gasteiger partial charge in [0.15, 0.2) is 0 Å². The van der Waals surface area contributed by atoms with Crippen LogP contribution in [-0.2, 0) is 0 Å². The average Bonchev–Trinajstić information content (AvgIpc) is 2.87. The molecule has 1 aromatic carbocycles. The van der Waals surface area contributed by atoms with E-state index in [0.29, 0.717) is 31.9 Å². The molecule has 2 fully saturated rings. The van der Waals surface area contributed by atoms with Crippen molar-refractivity contribution in [2.45, 2.75) is 6.04 Å². The molecule has 112 valence electrons. The van der Waals surface area contributed by atoms with Crippen LogP contribution in [0.1, 0.15) is 10.4 Å². The van der Waals surface area contributed by atoms with E-state index >= 15 is 0 Å². The topological polar surface area (TPSA) is 82.1 Å². The van der Waals surface area contributed by atoms with E-state index in [0.717, 1.165) is 0 Å². The van der Waals surface area contributed by atoms with Gasteiger partial charge in [0.25, 0.3) is 5.91 Å². The molecule has 0 radical (unpaired) electrons. The zero-order valence-electron chi connectivity index (χ0n) is 11.7. The molecule has 1 unspecified atom stereocenters. The van der Waals surface area contributed by atoms with Crippen LogP contribution in [0.4, 0.5) is 4.79 Å². The van der Waals surface area contributed by atoms with Crippen LogP contribution in [0, 0.1) is 0 Å². The summed E-state index contributed by atoms with van der Waals surface area (Å²) in [5, 5.41) is 12.7. The molecule has 0 aromatic heterocycles. The number of carbonyl (C=O) groups is 2. The van der Waals surface area contributed by atoms with Gasteiger partial charge in [0, 0.05) is 32.2 Å². The number of methoxy groups -OCH3 is 1. The van der Waals surface area contributed by atoms with Crippen molar-refractivity contribution in [3.63, 3.8) is 0 Å². The van der Waals surface area contributed by atoms with Crippen molar-refractivity contribution >= 4 is 11.9 Å². The summed E-state index contributed by atoms with van der Waals surface area (Å²) in [4.78, 5) is 27.4. The van der Waals surface area contributed by atoms with E-state index in [1.807, 2.05) is 0 Å². The Morgan fingerprint density at radius 3 is 2.95 bits per heavy atom. The molecule has 2 saturated heterocycles.